The van der Waals surface area contributed by atoms with Crippen LogP contribution < -0.4 is 22.5 Å². The monoisotopic (exact) mass is 305 g/mol. The van der Waals surface area contributed by atoms with E-state index in [2.05, 4.69) is 10.3 Å². The van der Waals surface area contributed by atoms with E-state index in [1.165, 1.54) is 5.56 Å². The fourth-order valence-corrected chi connectivity index (χ4v) is 2.18. The molecule has 0 unspecified atom stereocenters. The van der Waals surface area contributed by atoms with Gasteiger partial charge in [-0.2, -0.15) is 0 Å². The number of carbonyl (C=O) groups excluding carboxylic acids is 1. The molecule has 1 aromatic rings. The lowest BCUT2D eigenvalue weighted by molar-refractivity contribution is -0.123. The Kier molecular flexibility index (Phi) is 7.99. The van der Waals surface area contributed by atoms with Crippen molar-refractivity contribution in [2.45, 2.75) is 44.7 Å². The van der Waals surface area contributed by atoms with Crippen LogP contribution in [0.15, 0.2) is 35.3 Å². The maximum atomic E-state index is 12.0. The van der Waals surface area contributed by atoms with Crippen LogP contribution in [-0.4, -0.2) is 30.5 Å². The first-order valence-corrected chi connectivity index (χ1v) is 7.64. The zero-order chi connectivity index (χ0) is 16.4. The highest BCUT2D eigenvalue weighted by atomic mass is 16.2. The van der Waals surface area contributed by atoms with Gasteiger partial charge in [0, 0.05) is 12.6 Å². The van der Waals surface area contributed by atoms with Crippen LogP contribution in [-0.2, 0) is 11.2 Å². The van der Waals surface area contributed by atoms with Gasteiger partial charge in [0.2, 0.25) is 5.91 Å². The number of amides is 1. The minimum atomic E-state index is -0.488. The third-order valence-electron chi connectivity index (χ3n) is 3.33. The standard InChI is InChI=1S/C16H27N5O/c1-12(11-13-7-3-2-4-8-13)21-15(22)14(17)9-5-6-10-20-16(18)19/h2-4,7-8,12,14H,5-6,9-11,17H2,1H3,(H,21,22)(H4,18,19,20)/t12-,14-/m0/s1. The summed E-state index contributed by atoms with van der Waals surface area (Å²) in [5.41, 5.74) is 17.6. The number of guanidine groups is 1. The second kappa shape index (κ2) is 9.78. The minimum absolute atomic E-state index is 0.0580. The highest BCUT2D eigenvalue weighted by molar-refractivity contribution is 5.81. The van der Waals surface area contributed by atoms with Gasteiger partial charge >= 0.3 is 0 Å². The third-order valence-corrected chi connectivity index (χ3v) is 3.33. The third kappa shape index (κ3) is 7.64. The van der Waals surface area contributed by atoms with Crippen LogP contribution in [0.3, 0.4) is 0 Å². The molecular weight excluding hydrogens is 278 g/mol. The quantitative estimate of drug-likeness (QED) is 0.302. The Labute approximate surface area is 132 Å². The molecule has 0 spiro atoms. The van der Waals surface area contributed by atoms with Gasteiger partial charge in [-0.15, -0.1) is 0 Å². The Hall–Kier alpha value is -2.08. The molecule has 1 aromatic carbocycles. The Balaban J connectivity index is 2.24. The molecule has 2 atom stereocenters. The Morgan fingerprint density at radius 2 is 1.91 bits per heavy atom. The fraction of sp³-hybridized carbons (Fsp3) is 0.500. The second-order valence-corrected chi connectivity index (χ2v) is 5.51. The summed E-state index contributed by atoms with van der Waals surface area (Å²) in [5.74, 6) is -0.0120. The number of hydrogen-bond acceptors (Lipinski definition) is 3. The summed E-state index contributed by atoms with van der Waals surface area (Å²) in [6.07, 6.45) is 3.06. The van der Waals surface area contributed by atoms with Crippen molar-refractivity contribution in [2.24, 2.45) is 22.2 Å². The first-order valence-electron chi connectivity index (χ1n) is 7.64. The number of nitrogens with one attached hydrogen (secondary N) is 1. The molecule has 7 N–H and O–H groups in total. The molecule has 0 aliphatic heterocycles. The van der Waals surface area contributed by atoms with Gasteiger partial charge in [-0.1, -0.05) is 30.3 Å². The Morgan fingerprint density at radius 1 is 1.23 bits per heavy atom. The number of hydrogen-bond donors (Lipinski definition) is 4. The van der Waals surface area contributed by atoms with E-state index >= 15 is 0 Å². The number of unbranched alkanes of at least 4 members (excludes halogenated alkanes) is 1. The molecule has 6 nitrogen and oxygen atoms in total. The molecule has 0 aliphatic carbocycles. The number of carbonyl (C=O) groups is 1. The molecule has 0 bridgehead atoms. The molecule has 0 radical (unpaired) electrons. The first kappa shape index (κ1) is 18.0. The summed E-state index contributed by atoms with van der Waals surface area (Å²) < 4.78 is 0. The molecule has 0 aromatic heterocycles. The lowest BCUT2D eigenvalue weighted by Gasteiger charge is -2.17. The van der Waals surface area contributed by atoms with Crippen LogP contribution >= 0.6 is 0 Å². The van der Waals surface area contributed by atoms with Crippen LogP contribution in [0.25, 0.3) is 0 Å². The largest absolute Gasteiger partial charge is 0.370 e. The second-order valence-electron chi connectivity index (χ2n) is 5.51. The van der Waals surface area contributed by atoms with Gasteiger partial charge < -0.3 is 22.5 Å². The molecule has 6 heteroatoms. The normalized spacial score (nSPS) is 13.2. The summed E-state index contributed by atoms with van der Waals surface area (Å²) in [6.45, 7) is 2.55. The smallest absolute Gasteiger partial charge is 0.237 e. The van der Waals surface area contributed by atoms with Gasteiger partial charge in [0.05, 0.1) is 6.04 Å². The van der Waals surface area contributed by atoms with Crippen molar-refractivity contribution in [2.75, 3.05) is 6.54 Å². The molecule has 1 amide bonds. The SMILES string of the molecule is C[C@@H](Cc1ccccc1)NC(=O)[C@@H](N)CCCCN=C(N)N. The van der Waals surface area contributed by atoms with Crippen LogP contribution in [0.1, 0.15) is 31.7 Å². The van der Waals surface area contributed by atoms with Gasteiger partial charge in [0.15, 0.2) is 5.96 Å². The zero-order valence-corrected chi connectivity index (χ0v) is 13.2. The number of rotatable bonds is 9. The zero-order valence-electron chi connectivity index (χ0n) is 13.2. The summed E-state index contributed by atoms with van der Waals surface area (Å²) >= 11 is 0. The van der Waals surface area contributed by atoms with Gasteiger partial charge in [0.1, 0.15) is 0 Å². The van der Waals surface area contributed by atoms with Crippen LogP contribution in [0.4, 0.5) is 0 Å². The van der Waals surface area contributed by atoms with Gasteiger partial charge in [-0.3, -0.25) is 9.79 Å². The average Bonchev–Trinajstić information content (AvgIpc) is 2.47. The highest BCUT2D eigenvalue weighted by Gasteiger charge is 2.15. The maximum Gasteiger partial charge on any atom is 0.237 e. The Morgan fingerprint density at radius 3 is 2.55 bits per heavy atom. The number of benzene rings is 1. The summed E-state index contributed by atoms with van der Waals surface area (Å²) in [7, 11) is 0. The summed E-state index contributed by atoms with van der Waals surface area (Å²) in [5, 5.41) is 2.96. The van der Waals surface area contributed by atoms with Crippen molar-refractivity contribution in [3.05, 3.63) is 35.9 Å². The van der Waals surface area contributed by atoms with E-state index in [0.29, 0.717) is 13.0 Å². The average molecular weight is 305 g/mol. The predicted octanol–water partition coefficient (Wildman–Crippen LogP) is 0.505. The molecule has 0 saturated heterocycles. The number of aliphatic imine (C=N–C) groups is 1. The van der Waals surface area contributed by atoms with Gasteiger partial charge in [0.25, 0.3) is 0 Å². The molecule has 1 rings (SSSR count). The van der Waals surface area contributed by atoms with E-state index in [9.17, 15) is 4.79 Å². The van der Waals surface area contributed by atoms with E-state index in [0.717, 1.165) is 19.3 Å². The number of nitrogens with two attached hydrogens (primary N) is 3. The lowest BCUT2D eigenvalue weighted by Crippen LogP contribution is -2.45. The lowest BCUT2D eigenvalue weighted by atomic mass is 10.1. The maximum absolute atomic E-state index is 12.0. The topological polar surface area (TPSA) is 120 Å². The van der Waals surface area contributed by atoms with E-state index in [-0.39, 0.29) is 17.9 Å². The van der Waals surface area contributed by atoms with Crippen LogP contribution in [0, 0.1) is 0 Å². The molecule has 0 aliphatic rings. The molecule has 0 saturated carbocycles. The summed E-state index contributed by atoms with van der Waals surface area (Å²) in [4.78, 5) is 15.9. The van der Waals surface area contributed by atoms with Crippen molar-refractivity contribution in [3.63, 3.8) is 0 Å². The number of nitrogens with zero attached hydrogens (tertiary/aromatic N) is 1. The van der Waals surface area contributed by atoms with E-state index in [1.807, 2.05) is 37.3 Å². The molecular formula is C16H27N5O. The Bertz CT molecular complexity index is 471. The van der Waals surface area contributed by atoms with Crippen molar-refractivity contribution >= 4 is 11.9 Å². The van der Waals surface area contributed by atoms with Crippen molar-refractivity contribution < 1.29 is 4.79 Å². The van der Waals surface area contributed by atoms with Crippen molar-refractivity contribution in [1.29, 1.82) is 0 Å². The minimum Gasteiger partial charge on any atom is -0.370 e. The highest BCUT2D eigenvalue weighted by Crippen LogP contribution is 2.04. The van der Waals surface area contributed by atoms with E-state index in [1.54, 1.807) is 0 Å². The van der Waals surface area contributed by atoms with Crippen LogP contribution in [0.2, 0.25) is 0 Å². The van der Waals surface area contributed by atoms with Crippen LogP contribution in [0.5, 0.6) is 0 Å². The van der Waals surface area contributed by atoms with Crippen molar-refractivity contribution in [1.82, 2.24) is 5.32 Å². The molecule has 0 fully saturated rings. The molecule has 22 heavy (non-hydrogen) atoms. The predicted molar refractivity (Wildman–Crippen MR) is 90.3 cm³/mol. The fourth-order valence-electron chi connectivity index (χ4n) is 2.18. The molecule has 0 heterocycles. The van der Waals surface area contributed by atoms with Gasteiger partial charge in [-0.05, 0) is 38.2 Å². The van der Waals surface area contributed by atoms with E-state index in [4.69, 9.17) is 17.2 Å². The van der Waals surface area contributed by atoms with Gasteiger partial charge in [-0.25, -0.2) is 0 Å². The molecule has 122 valence electrons. The van der Waals surface area contributed by atoms with Crippen molar-refractivity contribution in [3.8, 4) is 0 Å². The first-order chi connectivity index (χ1) is 10.5. The van der Waals surface area contributed by atoms with E-state index < -0.39 is 6.04 Å². The summed E-state index contributed by atoms with van der Waals surface area (Å²) in [6, 6.07) is 9.63.